The lowest BCUT2D eigenvalue weighted by Crippen LogP contribution is -2.51. The third kappa shape index (κ3) is 3.45. The van der Waals surface area contributed by atoms with Crippen molar-refractivity contribution in [2.75, 3.05) is 6.61 Å². The van der Waals surface area contributed by atoms with E-state index in [0.29, 0.717) is 19.3 Å². The normalized spacial score (nSPS) is 20.4. The smallest absolute Gasteiger partial charge is 0.350 e. The molecule has 0 amide bonds. The monoisotopic (exact) mass is 258 g/mol. The molecule has 0 saturated heterocycles. The zero-order chi connectivity index (χ0) is 13.8. The Hall–Kier alpha value is -1.10. The number of ether oxygens (including phenoxy) is 2. The van der Waals surface area contributed by atoms with E-state index in [0.717, 1.165) is 6.42 Å². The molecule has 5 heteroatoms. The van der Waals surface area contributed by atoms with Gasteiger partial charge in [-0.15, -0.1) is 0 Å². The first-order valence-electron chi connectivity index (χ1n) is 6.49. The summed E-state index contributed by atoms with van der Waals surface area (Å²) in [6.07, 6.45) is 1.83. The van der Waals surface area contributed by atoms with Gasteiger partial charge in [0.2, 0.25) is 5.60 Å². The van der Waals surface area contributed by atoms with Gasteiger partial charge in [0.05, 0.1) is 12.0 Å². The van der Waals surface area contributed by atoms with E-state index in [4.69, 9.17) is 14.6 Å². The minimum Gasteiger partial charge on any atom is -0.460 e. The number of hydrogen-bond acceptors (Lipinski definition) is 5. The molecule has 5 nitrogen and oxygen atoms in total. The van der Waals surface area contributed by atoms with Gasteiger partial charge in [-0.2, -0.15) is 0 Å². The lowest BCUT2D eigenvalue weighted by molar-refractivity contribution is -0.197. The van der Waals surface area contributed by atoms with Gasteiger partial charge in [0, 0.05) is 0 Å². The molecule has 1 aliphatic carbocycles. The summed E-state index contributed by atoms with van der Waals surface area (Å²) in [6, 6.07) is 0. The number of hydrogen-bond donors (Lipinski definition) is 1. The fourth-order valence-corrected chi connectivity index (χ4v) is 1.63. The van der Waals surface area contributed by atoms with Crippen LogP contribution in [0, 0.1) is 5.92 Å². The molecule has 1 rings (SSSR count). The van der Waals surface area contributed by atoms with Gasteiger partial charge in [-0.05, 0) is 32.6 Å². The fourth-order valence-electron chi connectivity index (χ4n) is 1.63. The highest BCUT2D eigenvalue weighted by molar-refractivity contribution is 5.85. The summed E-state index contributed by atoms with van der Waals surface area (Å²) in [5.41, 5.74) is -1.10. The van der Waals surface area contributed by atoms with Crippen LogP contribution in [0.25, 0.3) is 0 Å². The average Bonchev–Trinajstić information content (AvgIpc) is 2.29. The van der Waals surface area contributed by atoms with E-state index in [1.165, 1.54) is 6.92 Å². The molecule has 104 valence electrons. The summed E-state index contributed by atoms with van der Waals surface area (Å²) < 4.78 is 10.3. The zero-order valence-corrected chi connectivity index (χ0v) is 11.3. The van der Waals surface area contributed by atoms with E-state index in [-0.39, 0.29) is 18.5 Å². The molecule has 1 fully saturated rings. The highest BCUT2D eigenvalue weighted by Crippen LogP contribution is 2.37. The lowest BCUT2D eigenvalue weighted by Gasteiger charge is -2.38. The Labute approximate surface area is 107 Å². The summed E-state index contributed by atoms with van der Waals surface area (Å²) >= 11 is 0. The summed E-state index contributed by atoms with van der Waals surface area (Å²) in [5.74, 6) is -1.11. The molecule has 0 spiro atoms. The summed E-state index contributed by atoms with van der Waals surface area (Å²) in [4.78, 5) is 23.6. The van der Waals surface area contributed by atoms with Crippen LogP contribution in [0.2, 0.25) is 0 Å². The Kier molecular flexibility index (Phi) is 5.14. The topological polar surface area (TPSA) is 72.8 Å². The quantitative estimate of drug-likeness (QED) is 0.729. The Morgan fingerprint density at radius 1 is 1.33 bits per heavy atom. The largest absolute Gasteiger partial charge is 0.460 e. The van der Waals surface area contributed by atoms with Crippen LogP contribution in [-0.2, 0) is 19.1 Å². The first kappa shape index (κ1) is 15.0. The summed E-state index contributed by atoms with van der Waals surface area (Å²) in [5, 5.41) is 9.08. The van der Waals surface area contributed by atoms with E-state index in [2.05, 4.69) is 0 Å². The number of aliphatic hydroxyl groups is 1. The minimum absolute atomic E-state index is 0.0680. The molecular weight excluding hydrogens is 236 g/mol. The number of rotatable bonds is 6. The van der Waals surface area contributed by atoms with E-state index in [9.17, 15) is 9.59 Å². The van der Waals surface area contributed by atoms with Gasteiger partial charge in [0.1, 0.15) is 6.61 Å². The third-order valence-corrected chi connectivity index (χ3v) is 3.30. The van der Waals surface area contributed by atoms with Crippen molar-refractivity contribution in [1.82, 2.24) is 0 Å². The first-order chi connectivity index (χ1) is 8.41. The average molecular weight is 258 g/mol. The standard InChI is InChI=1S/C13H22O5/c1-4-9(2)11(15)18-13(6-5-7-13)12(16)17-8-10(3)14/h9-10,14H,4-8H2,1-3H3. The molecule has 1 N–H and O–H groups in total. The maximum Gasteiger partial charge on any atom is 0.350 e. The fraction of sp³-hybridized carbons (Fsp3) is 0.846. The second-order valence-electron chi connectivity index (χ2n) is 5.03. The van der Waals surface area contributed by atoms with Crippen molar-refractivity contribution in [2.24, 2.45) is 5.92 Å². The predicted octanol–water partition coefficient (Wildman–Crippen LogP) is 1.42. The van der Waals surface area contributed by atoms with Gasteiger partial charge in [0.15, 0.2) is 0 Å². The maximum absolute atomic E-state index is 11.9. The van der Waals surface area contributed by atoms with Crippen LogP contribution in [0.4, 0.5) is 0 Å². The predicted molar refractivity (Wildman–Crippen MR) is 64.8 cm³/mol. The van der Waals surface area contributed by atoms with Crippen LogP contribution >= 0.6 is 0 Å². The molecule has 0 bridgehead atoms. The van der Waals surface area contributed by atoms with Crippen LogP contribution < -0.4 is 0 Å². The van der Waals surface area contributed by atoms with Crippen LogP contribution in [0.15, 0.2) is 0 Å². The second kappa shape index (κ2) is 6.18. The number of carbonyl (C=O) groups excluding carboxylic acids is 2. The van der Waals surface area contributed by atoms with Gasteiger partial charge in [-0.3, -0.25) is 4.79 Å². The summed E-state index contributed by atoms with van der Waals surface area (Å²) in [6.45, 7) is 5.13. The Morgan fingerprint density at radius 2 is 1.94 bits per heavy atom. The van der Waals surface area contributed by atoms with Crippen molar-refractivity contribution >= 4 is 11.9 Å². The highest BCUT2D eigenvalue weighted by atomic mass is 16.6. The number of aliphatic hydroxyl groups excluding tert-OH is 1. The molecule has 0 aromatic heterocycles. The van der Waals surface area contributed by atoms with Gasteiger partial charge in [0.25, 0.3) is 0 Å². The molecule has 0 aromatic carbocycles. The van der Waals surface area contributed by atoms with E-state index >= 15 is 0 Å². The van der Waals surface area contributed by atoms with Crippen molar-refractivity contribution in [1.29, 1.82) is 0 Å². The molecule has 2 atom stereocenters. The number of esters is 2. The van der Waals surface area contributed by atoms with Crippen LogP contribution in [0.1, 0.15) is 46.5 Å². The van der Waals surface area contributed by atoms with Gasteiger partial charge in [-0.1, -0.05) is 13.8 Å². The Morgan fingerprint density at radius 3 is 2.33 bits per heavy atom. The molecular formula is C13H22O5. The van der Waals surface area contributed by atoms with Crippen molar-refractivity contribution in [3.8, 4) is 0 Å². The first-order valence-corrected chi connectivity index (χ1v) is 6.49. The molecule has 0 heterocycles. The molecule has 0 aliphatic heterocycles. The summed E-state index contributed by atoms with van der Waals surface area (Å²) in [7, 11) is 0. The SMILES string of the molecule is CCC(C)C(=O)OC1(C(=O)OCC(C)O)CCC1. The van der Waals surface area contributed by atoms with Crippen LogP contribution in [0.5, 0.6) is 0 Å². The molecule has 0 radical (unpaired) electrons. The third-order valence-electron chi connectivity index (χ3n) is 3.30. The Balaban J connectivity index is 2.57. The molecule has 0 aromatic rings. The molecule has 1 aliphatic rings. The van der Waals surface area contributed by atoms with E-state index < -0.39 is 17.7 Å². The Bertz CT molecular complexity index is 307. The molecule has 18 heavy (non-hydrogen) atoms. The minimum atomic E-state index is -1.10. The lowest BCUT2D eigenvalue weighted by atomic mass is 9.80. The van der Waals surface area contributed by atoms with Crippen LogP contribution in [-0.4, -0.2) is 35.4 Å². The van der Waals surface area contributed by atoms with E-state index in [1.807, 2.05) is 6.92 Å². The van der Waals surface area contributed by atoms with Crippen LogP contribution in [0.3, 0.4) is 0 Å². The van der Waals surface area contributed by atoms with Crippen molar-refractivity contribution in [2.45, 2.75) is 58.2 Å². The van der Waals surface area contributed by atoms with Crippen molar-refractivity contribution in [3.63, 3.8) is 0 Å². The van der Waals surface area contributed by atoms with Crippen molar-refractivity contribution < 1.29 is 24.2 Å². The molecule has 2 unspecified atom stereocenters. The van der Waals surface area contributed by atoms with E-state index in [1.54, 1.807) is 6.92 Å². The number of carbonyl (C=O) groups is 2. The van der Waals surface area contributed by atoms with Crippen molar-refractivity contribution in [3.05, 3.63) is 0 Å². The zero-order valence-electron chi connectivity index (χ0n) is 11.3. The van der Waals surface area contributed by atoms with Gasteiger partial charge >= 0.3 is 11.9 Å². The maximum atomic E-state index is 11.9. The van der Waals surface area contributed by atoms with Gasteiger partial charge in [-0.25, -0.2) is 4.79 Å². The highest BCUT2D eigenvalue weighted by Gasteiger charge is 2.50. The molecule has 1 saturated carbocycles. The van der Waals surface area contributed by atoms with Gasteiger partial charge < -0.3 is 14.6 Å². The second-order valence-corrected chi connectivity index (χ2v) is 5.03.